The van der Waals surface area contributed by atoms with Crippen molar-refractivity contribution in [2.45, 2.75) is 39.6 Å². The maximum absolute atomic E-state index is 9.15. The van der Waals surface area contributed by atoms with E-state index >= 15 is 0 Å². The molecule has 0 saturated heterocycles. The van der Waals surface area contributed by atoms with E-state index in [0.29, 0.717) is 0 Å². The quantitative estimate of drug-likeness (QED) is 0.896. The van der Waals surface area contributed by atoms with Crippen molar-refractivity contribution in [3.63, 3.8) is 0 Å². The van der Waals surface area contributed by atoms with Crippen molar-refractivity contribution >= 4 is 0 Å². The number of aryl methyl sites for hydroxylation is 2. The summed E-state index contributed by atoms with van der Waals surface area (Å²) in [6.45, 7) is 5.44. The molecule has 102 valence electrons. The largest absolute Gasteiger partial charge is 0.390 e. The molecule has 0 atom stereocenters. The Hall–Kier alpha value is -1.66. The zero-order valence-corrected chi connectivity index (χ0v) is 11.0. The second kappa shape index (κ2) is 5.14. The Balaban J connectivity index is 1.74. The molecule has 0 radical (unpaired) electrons. The lowest BCUT2D eigenvalue weighted by molar-refractivity contribution is 0.226. The van der Waals surface area contributed by atoms with Crippen LogP contribution in [0.25, 0.3) is 0 Å². The molecular weight excluding hydrogens is 244 g/mol. The molecule has 1 aliphatic heterocycles. The van der Waals surface area contributed by atoms with Crippen LogP contribution in [0.2, 0.25) is 0 Å². The predicted molar refractivity (Wildman–Crippen MR) is 68.1 cm³/mol. The fourth-order valence-corrected chi connectivity index (χ4v) is 2.51. The third-order valence-electron chi connectivity index (χ3n) is 3.36. The van der Waals surface area contributed by atoms with E-state index in [2.05, 4.69) is 15.2 Å². The number of fused-ring (bicyclic) bond motifs is 1. The minimum atomic E-state index is 0.00129. The van der Waals surface area contributed by atoms with Gasteiger partial charge in [-0.25, -0.2) is 0 Å². The summed E-state index contributed by atoms with van der Waals surface area (Å²) in [6.07, 6.45) is 1.05. The van der Waals surface area contributed by atoms with Crippen LogP contribution in [0.5, 0.6) is 0 Å². The van der Waals surface area contributed by atoms with E-state index in [1.54, 1.807) is 0 Å². The van der Waals surface area contributed by atoms with Crippen molar-refractivity contribution in [1.82, 2.24) is 19.8 Å². The Morgan fingerprint density at radius 1 is 1.37 bits per heavy atom. The highest BCUT2D eigenvalue weighted by Crippen LogP contribution is 2.16. The van der Waals surface area contributed by atoms with Gasteiger partial charge in [-0.05, 0) is 19.4 Å². The lowest BCUT2D eigenvalue weighted by atomic mass is 10.3. The molecule has 0 aliphatic carbocycles. The normalized spacial score (nSPS) is 16.3. The summed E-state index contributed by atoms with van der Waals surface area (Å²) in [7, 11) is 0. The van der Waals surface area contributed by atoms with Gasteiger partial charge in [0.05, 0.1) is 30.2 Å². The average Bonchev–Trinajstić information content (AvgIpc) is 2.92. The highest BCUT2D eigenvalue weighted by molar-refractivity contribution is 5.11. The van der Waals surface area contributed by atoms with E-state index in [4.69, 9.17) is 9.63 Å². The third kappa shape index (κ3) is 2.69. The van der Waals surface area contributed by atoms with Crippen molar-refractivity contribution in [2.75, 3.05) is 6.54 Å². The van der Waals surface area contributed by atoms with Gasteiger partial charge in [0.1, 0.15) is 0 Å². The molecule has 0 spiro atoms. The maximum atomic E-state index is 9.15. The topological polar surface area (TPSA) is 67.3 Å². The smallest absolute Gasteiger partial charge is 0.150 e. The van der Waals surface area contributed by atoms with Crippen molar-refractivity contribution in [3.8, 4) is 0 Å². The van der Waals surface area contributed by atoms with Crippen LogP contribution in [0.4, 0.5) is 0 Å². The van der Waals surface area contributed by atoms with Crippen LogP contribution in [0.15, 0.2) is 16.7 Å². The SMILES string of the molecule is Cc1cc(CN2CCCn3nc(CO)cc3C2)on1. The van der Waals surface area contributed by atoms with Crippen LogP contribution in [0.3, 0.4) is 0 Å². The minimum Gasteiger partial charge on any atom is -0.390 e. The standard InChI is InChI=1S/C13H18N4O2/c1-10-5-13(19-15-10)8-16-3-2-4-17-12(7-16)6-11(9-18)14-17/h5-6,18H,2-4,7-9H2,1H3. The summed E-state index contributed by atoms with van der Waals surface area (Å²) in [5.41, 5.74) is 2.81. The van der Waals surface area contributed by atoms with E-state index in [1.165, 1.54) is 0 Å². The van der Waals surface area contributed by atoms with Crippen LogP contribution in [0.1, 0.15) is 29.3 Å². The van der Waals surface area contributed by atoms with E-state index in [1.807, 2.05) is 23.7 Å². The zero-order chi connectivity index (χ0) is 13.2. The molecule has 0 bridgehead atoms. The zero-order valence-electron chi connectivity index (χ0n) is 11.0. The third-order valence-corrected chi connectivity index (χ3v) is 3.36. The number of aromatic nitrogens is 3. The molecule has 6 heteroatoms. The lowest BCUT2D eigenvalue weighted by Crippen LogP contribution is -2.22. The number of hydrogen-bond donors (Lipinski definition) is 1. The number of aliphatic hydroxyl groups is 1. The highest BCUT2D eigenvalue weighted by atomic mass is 16.5. The summed E-state index contributed by atoms with van der Waals surface area (Å²) >= 11 is 0. The minimum absolute atomic E-state index is 0.00129. The van der Waals surface area contributed by atoms with Crippen molar-refractivity contribution in [2.24, 2.45) is 0 Å². The molecule has 0 amide bonds. The second-order valence-electron chi connectivity index (χ2n) is 5.01. The van der Waals surface area contributed by atoms with Gasteiger partial charge >= 0.3 is 0 Å². The fraction of sp³-hybridized carbons (Fsp3) is 0.538. The predicted octanol–water partition coefficient (Wildman–Crippen LogP) is 1.08. The van der Waals surface area contributed by atoms with Crippen molar-refractivity contribution < 1.29 is 9.63 Å². The van der Waals surface area contributed by atoms with Crippen LogP contribution in [0, 0.1) is 6.92 Å². The number of hydrogen-bond acceptors (Lipinski definition) is 5. The average molecular weight is 262 g/mol. The van der Waals surface area contributed by atoms with Gasteiger partial charge < -0.3 is 9.63 Å². The Bertz CT molecular complexity index is 561. The van der Waals surface area contributed by atoms with Gasteiger partial charge in [0.25, 0.3) is 0 Å². The highest BCUT2D eigenvalue weighted by Gasteiger charge is 2.17. The summed E-state index contributed by atoms with van der Waals surface area (Å²) in [5.74, 6) is 0.896. The van der Waals surface area contributed by atoms with E-state index in [-0.39, 0.29) is 6.61 Å². The van der Waals surface area contributed by atoms with E-state index in [0.717, 1.165) is 55.4 Å². The van der Waals surface area contributed by atoms with E-state index < -0.39 is 0 Å². The summed E-state index contributed by atoms with van der Waals surface area (Å²) in [6, 6.07) is 3.95. The van der Waals surface area contributed by atoms with Crippen LogP contribution < -0.4 is 0 Å². The molecule has 1 N–H and O–H groups in total. The molecule has 2 aromatic heterocycles. The molecular formula is C13H18N4O2. The molecule has 2 aromatic rings. The van der Waals surface area contributed by atoms with Gasteiger partial charge in [-0.3, -0.25) is 9.58 Å². The van der Waals surface area contributed by atoms with Gasteiger partial charge in [0.15, 0.2) is 5.76 Å². The van der Waals surface area contributed by atoms with Crippen LogP contribution in [-0.4, -0.2) is 31.5 Å². The van der Waals surface area contributed by atoms with E-state index in [9.17, 15) is 0 Å². The van der Waals surface area contributed by atoms with Crippen molar-refractivity contribution in [1.29, 1.82) is 0 Å². The second-order valence-corrected chi connectivity index (χ2v) is 5.01. The molecule has 3 rings (SSSR count). The van der Waals surface area contributed by atoms with Gasteiger partial charge in [-0.1, -0.05) is 5.16 Å². The van der Waals surface area contributed by atoms with Crippen LogP contribution >= 0.6 is 0 Å². The number of aliphatic hydroxyl groups excluding tert-OH is 1. The molecule has 1 aliphatic rings. The summed E-state index contributed by atoms with van der Waals surface area (Å²) in [5, 5.41) is 17.4. The molecule has 19 heavy (non-hydrogen) atoms. The fourth-order valence-electron chi connectivity index (χ4n) is 2.51. The molecule has 0 fully saturated rings. The first-order valence-corrected chi connectivity index (χ1v) is 6.55. The van der Waals surface area contributed by atoms with Gasteiger partial charge in [-0.2, -0.15) is 5.10 Å². The Morgan fingerprint density at radius 2 is 2.26 bits per heavy atom. The van der Waals surface area contributed by atoms with Gasteiger partial charge in [0.2, 0.25) is 0 Å². The Kier molecular flexibility index (Phi) is 3.35. The summed E-state index contributed by atoms with van der Waals surface area (Å²) in [4.78, 5) is 2.32. The summed E-state index contributed by atoms with van der Waals surface area (Å²) < 4.78 is 7.27. The van der Waals surface area contributed by atoms with Crippen LogP contribution in [-0.2, 0) is 26.2 Å². The monoisotopic (exact) mass is 262 g/mol. The Morgan fingerprint density at radius 3 is 3.00 bits per heavy atom. The Labute approximate surface area is 111 Å². The molecule has 6 nitrogen and oxygen atoms in total. The molecule has 0 aromatic carbocycles. The first-order chi connectivity index (χ1) is 9.24. The van der Waals surface area contributed by atoms with Crippen molar-refractivity contribution in [3.05, 3.63) is 35.0 Å². The lowest BCUT2D eigenvalue weighted by Gasteiger charge is -2.17. The maximum Gasteiger partial charge on any atom is 0.150 e. The van der Waals surface area contributed by atoms with Gasteiger partial charge in [-0.15, -0.1) is 0 Å². The number of rotatable bonds is 3. The molecule has 0 unspecified atom stereocenters. The number of nitrogens with zero attached hydrogens (tertiary/aromatic N) is 4. The first kappa shape index (κ1) is 12.4. The molecule has 0 saturated carbocycles. The van der Waals surface area contributed by atoms with Gasteiger partial charge in [0, 0.05) is 25.7 Å². The molecule has 3 heterocycles. The first-order valence-electron chi connectivity index (χ1n) is 6.55.